The van der Waals surface area contributed by atoms with E-state index in [1.807, 2.05) is 6.92 Å². The van der Waals surface area contributed by atoms with Gasteiger partial charge in [0.15, 0.2) is 0 Å². The molecule has 0 fully saturated rings. The number of rotatable bonds is 6. The molecule has 0 unspecified atom stereocenters. The largest absolute Gasteiger partial charge is 0.438 e. The molecule has 6 nitrogen and oxygen atoms in total. The van der Waals surface area contributed by atoms with E-state index < -0.39 is 17.6 Å². The Labute approximate surface area is 214 Å². The van der Waals surface area contributed by atoms with Crippen molar-refractivity contribution >= 4 is 34.8 Å². The smallest absolute Gasteiger partial charge is 0.416 e. The number of pyridine rings is 1. The van der Waals surface area contributed by atoms with E-state index in [1.54, 1.807) is 24.4 Å². The van der Waals surface area contributed by atoms with Crippen LogP contribution in [0, 0.1) is 0 Å². The fourth-order valence-corrected chi connectivity index (χ4v) is 3.81. The van der Waals surface area contributed by atoms with Crippen molar-refractivity contribution in [1.82, 2.24) is 15.0 Å². The Bertz CT molecular complexity index is 1410. The predicted molar refractivity (Wildman–Crippen MR) is 131 cm³/mol. The van der Waals surface area contributed by atoms with E-state index in [0.717, 1.165) is 12.1 Å². The summed E-state index contributed by atoms with van der Waals surface area (Å²) >= 11 is 11.9. The number of hydrogen-bond acceptors (Lipinski definition) is 5. The first-order valence-electron chi connectivity index (χ1n) is 10.6. The number of nitrogens with one attached hydrogen (secondary N) is 1. The van der Waals surface area contributed by atoms with Crippen LogP contribution >= 0.6 is 23.2 Å². The van der Waals surface area contributed by atoms with Crippen LogP contribution in [-0.2, 0) is 12.6 Å². The molecule has 2 heterocycles. The van der Waals surface area contributed by atoms with Crippen LogP contribution in [0.25, 0.3) is 11.3 Å². The summed E-state index contributed by atoms with van der Waals surface area (Å²) in [6, 6.07) is 12.0. The molecule has 184 valence electrons. The van der Waals surface area contributed by atoms with Gasteiger partial charge in [-0.25, -0.2) is 15.0 Å². The van der Waals surface area contributed by atoms with Crippen molar-refractivity contribution in [2.75, 3.05) is 5.32 Å². The fraction of sp³-hybridized carbons (Fsp3) is 0.120. The Morgan fingerprint density at radius 2 is 1.75 bits per heavy atom. The number of halogens is 5. The second kappa shape index (κ2) is 10.5. The van der Waals surface area contributed by atoms with E-state index in [-0.39, 0.29) is 32.9 Å². The number of aromatic nitrogens is 3. The SMILES string of the molecule is CCc1nccc(-c2cccnc2Oc2cc(NC(=O)c3cc(Cl)cc(Cl)c3)cc(C(F)(F)F)c2)n1. The zero-order valence-corrected chi connectivity index (χ0v) is 20.1. The standard InChI is InChI=1S/C25H17Cl2F3N4O2/c1-2-22-31-7-5-21(34-22)20-4-3-6-32-24(20)36-19-11-15(25(28,29)30)10-18(13-19)33-23(35)14-8-16(26)12-17(27)9-14/h3-13H,2H2,1H3,(H,33,35). The fourth-order valence-electron chi connectivity index (χ4n) is 3.28. The van der Waals surface area contributed by atoms with Crippen LogP contribution in [0.5, 0.6) is 11.6 Å². The van der Waals surface area contributed by atoms with Crippen molar-refractivity contribution in [2.45, 2.75) is 19.5 Å². The van der Waals surface area contributed by atoms with Crippen molar-refractivity contribution < 1.29 is 22.7 Å². The van der Waals surface area contributed by atoms with Gasteiger partial charge in [0.1, 0.15) is 11.6 Å². The lowest BCUT2D eigenvalue weighted by Crippen LogP contribution is -2.13. The summed E-state index contributed by atoms with van der Waals surface area (Å²) in [5, 5.41) is 2.85. The molecule has 1 amide bonds. The van der Waals surface area contributed by atoms with E-state index in [1.165, 1.54) is 30.5 Å². The van der Waals surface area contributed by atoms with Crippen molar-refractivity contribution in [3.8, 4) is 22.9 Å². The van der Waals surface area contributed by atoms with Crippen molar-refractivity contribution in [2.24, 2.45) is 0 Å². The maximum Gasteiger partial charge on any atom is 0.416 e. The first kappa shape index (κ1) is 25.4. The van der Waals surface area contributed by atoms with Gasteiger partial charge >= 0.3 is 6.18 Å². The summed E-state index contributed by atoms with van der Waals surface area (Å²) in [5.41, 5.74) is -0.120. The van der Waals surface area contributed by atoms with Crippen molar-refractivity contribution in [3.05, 3.63) is 94.0 Å². The molecule has 0 atom stereocenters. The number of aryl methyl sites for hydroxylation is 1. The minimum absolute atomic E-state index is 0.0384. The van der Waals surface area contributed by atoms with Gasteiger partial charge in [0.05, 0.1) is 16.8 Å². The zero-order chi connectivity index (χ0) is 25.9. The average Bonchev–Trinajstić information content (AvgIpc) is 2.83. The molecule has 0 saturated carbocycles. The third-order valence-corrected chi connectivity index (χ3v) is 5.34. The van der Waals surface area contributed by atoms with E-state index in [2.05, 4.69) is 20.3 Å². The van der Waals surface area contributed by atoms with Crippen molar-refractivity contribution in [3.63, 3.8) is 0 Å². The van der Waals surface area contributed by atoms with E-state index in [9.17, 15) is 18.0 Å². The Morgan fingerprint density at radius 3 is 2.44 bits per heavy atom. The first-order valence-corrected chi connectivity index (χ1v) is 11.3. The summed E-state index contributed by atoms with van der Waals surface area (Å²) in [6.07, 6.45) is -1.08. The minimum atomic E-state index is -4.70. The topological polar surface area (TPSA) is 77.0 Å². The van der Waals surface area contributed by atoms with E-state index in [0.29, 0.717) is 23.5 Å². The van der Waals surface area contributed by atoms with Gasteiger partial charge < -0.3 is 10.1 Å². The summed E-state index contributed by atoms with van der Waals surface area (Å²) in [6.45, 7) is 1.90. The molecule has 2 aromatic carbocycles. The quantitative estimate of drug-likeness (QED) is 0.278. The Kier molecular flexibility index (Phi) is 7.42. The van der Waals surface area contributed by atoms with Gasteiger partial charge in [-0.1, -0.05) is 30.1 Å². The summed E-state index contributed by atoms with van der Waals surface area (Å²) < 4.78 is 46.7. The molecule has 4 aromatic rings. The van der Waals surface area contributed by atoms with Crippen LogP contribution < -0.4 is 10.1 Å². The number of hydrogen-bond donors (Lipinski definition) is 1. The molecule has 0 saturated heterocycles. The molecule has 0 aliphatic rings. The second-order valence-electron chi connectivity index (χ2n) is 7.53. The van der Waals surface area contributed by atoms with Crippen molar-refractivity contribution in [1.29, 1.82) is 0 Å². The minimum Gasteiger partial charge on any atom is -0.438 e. The summed E-state index contributed by atoms with van der Waals surface area (Å²) in [4.78, 5) is 25.4. The molecular formula is C25H17Cl2F3N4O2. The molecule has 0 radical (unpaired) electrons. The highest BCUT2D eigenvalue weighted by atomic mass is 35.5. The van der Waals surface area contributed by atoms with Gasteiger partial charge in [0.2, 0.25) is 5.88 Å². The van der Waals surface area contributed by atoms with E-state index >= 15 is 0 Å². The summed E-state index contributed by atoms with van der Waals surface area (Å²) in [7, 11) is 0. The van der Waals surface area contributed by atoms with Gasteiger partial charge in [-0.3, -0.25) is 4.79 Å². The maximum absolute atomic E-state index is 13.6. The van der Waals surface area contributed by atoms with E-state index in [4.69, 9.17) is 27.9 Å². The maximum atomic E-state index is 13.6. The third-order valence-electron chi connectivity index (χ3n) is 4.90. The molecule has 0 aliphatic carbocycles. The van der Waals surface area contributed by atoms with Crippen LogP contribution in [0.3, 0.4) is 0 Å². The number of amides is 1. The highest BCUT2D eigenvalue weighted by Crippen LogP contribution is 2.37. The monoisotopic (exact) mass is 532 g/mol. The molecule has 4 rings (SSSR count). The highest BCUT2D eigenvalue weighted by Gasteiger charge is 2.32. The number of anilines is 1. The Morgan fingerprint density at radius 1 is 1.00 bits per heavy atom. The molecule has 11 heteroatoms. The van der Waals surface area contributed by atoms with Gasteiger partial charge in [-0.15, -0.1) is 0 Å². The number of alkyl halides is 3. The molecule has 36 heavy (non-hydrogen) atoms. The van der Waals surface area contributed by atoms with Crippen LogP contribution in [-0.4, -0.2) is 20.9 Å². The number of nitrogens with zero attached hydrogens (tertiary/aromatic N) is 3. The van der Waals surface area contributed by atoms with Gasteiger partial charge in [-0.05, 0) is 48.5 Å². The van der Waals surface area contributed by atoms with Crippen LogP contribution in [0.2, 0.25) is 10.0 Å². The van der Waals surface area contributed by atoms with Crippen LogP contribution in [0.15, 0.2) is 67.0 Å². The molecule has 0 spiro atoms. The average molecular weight is 533 g/mol. The molecule has 0 aliphatic heterocycles. The molecule has 2 aromatic heterocycles. The summed E-state index contributed by atoms with van der Waals surface area (Å²) in [5.74, 6) is -0.255. The zero-order valence-electron chi connectivity index (χ0n) is 18.6. The number of carbonyl (C=O) groups excluding carboxylic acids is 1. The second-order valence-corrected chi connectivity index (χ2v) is 8.40. The number of carbonyl (C=O) groups is 1. The lowest BCUT2D eigenvalue weighted by atomic mass is 10.1. The lowest BCUT2D eigenvalue weighted by Gasteiger charge is -2.15. The normalized spacial score (nSPS) is 11.3. The Hall–Kier alpha value is -3.69. The Balaban J connectivity index is 1.70. The number of ether oxygens (including phenoxy) is 1. The van der Waals surface area contributed by atoms with Crippen LogP contribution in [0.1, 0.15) is 28.7 Å². The third kappa shape index (κ3) is 6.10. The lowest BCUT2D eigenvalue weighted by molar-refractivity contribution is -0.137. The van der Waals surface area contributed by atoms with Gasteiger partial charge in [0, 0.05) is 46.2 Å². The highest BCUT2D eigenvalue weighted by molar-refractivity contribution is 6.35. The van der Waals surface area contributed by atoms with Gasteiger partial charge in [0.25, 0.3) is 5.91 Å². The molecule has 1 N–H and O–H groups in total. The van der Waals surface area contributed by atoms with Gasteiger partial charge in [-0.2, -0.15) is 13.2 Å². The first-order chi connectivity index (χ1) is 17.1. The number of benzene rings is 2. The predicted octanol–water partition coefficient (Wildman–Crippen LogP) is 7.47. The van der Waals surface area contributed by atoms with Crippen LogP contribution in [0.4, 0.5) is 18.9 Å². The molecular weight excluding hydrogens is 516 g/mol. The molecule has 0 bridgehead atoms.